The van der Waals surface area contributed by atoms with Crippen LogP contribution < -0.4 is 5.56 Å². The molecular formula is C12H14N4OS2. The van der Waals surface area contributed by atoms with Gasteiger partial charge in [-0.15, -0.1) is 11.3 Å². The van der Waals surface area contributed by atoms with E-state index in [0.29, 0.717) is 11.7 Å². The van der Waals surface area contributed by atoms with Gasteiger partial charge < -0.3 is 4.98 Å². The first-order valence-corrected chi connectivity index (χ1v) is 8.13. The van der Waals surface area contributed by atoms with Crippen molar-refractivity contribution in [3.05, 3.63) is 38.2 Å². The molecule has 0 saturated heterocycles. The lowest BCUT2D eigenvalue weighted by molar-refractivity contribution is 0.240. The minimum atomic E-state index is -0.00168. The molecule has 19 heavy (non-hydrogen) atoms. The number of fused-ring (bicyclic) bond motifs is 1. The Balaban J connectivity index is 1.82. The average Bonchev–Trinajstić information content (AvgIpc) is 2.92. The third kappa shape index (κ3) is 2.72. The summed E-state index contributed by atoms with van der Waals surface area (Å²) in [6, 6.07) is 0. The van der Waals surface area contributed by atoms with Crippen LogP contribution in [0.1, 0.15) is 16.3 Å². The van der Waals surface area contributed by atoms with E-state index in [1.54, 1.807) is 11.3 Å². The van der Waals surface area contributed by atoms with Crippen LogP contribution in [0.3, 0.4) is 0 Å². The summed E-state index contributed by atoms with van der Waals surface area (Å²) in [6.45, 7) is 2.39. The van der Waals surface area contributed by atoms with Crippen molar-refractivity contribution in [1.82, 2.24) is 19.9 Å². The average molecular weight is 294 g/mol. The zero-order valence-corrected chi connectivity index (χ0v) is 12.2. The van der Waals surface area contributed by atoms with E-state index in [1.807, 2.05) is 17.8 Å². The Kier molecular flexibility index (Phi) is 3.67. The summed E-state index contributed by atoms with van der Waals surface area (Å²) >= 11 is 3.12. The Morgan fingerprint density at radius 1 is 1.58 bits per heavy atom. The highest BCUT2D eigenvalue weighted by atomic mass is 32.2. The van der Waals surface area contributed by atoms with Crippen LogP contribution in [0.25, 0.3) is 0 Å². The van der Waals surface area contributed by atoms with E-state index in [9.17, 15) is 4.79 Å². The molecule has 0 amide bonds. The van der Waals surface area contributed by atoms with Crippen molar-refractivity contribution in [2.45, 2.75) is 24.7 Å². The van der Waals surface area contributed by atoms with E-state index in [-0.39, 0.29) is 5.56 Å². The summed E-state index contributed by atoms with van der Waals surface area (Å²) in [7, 11) is 0. The van der Waals surface area contributed by atoms with Crippen molar-refractivity contribution in [3.8, 4) is 0 Å². The van der Waals surface area contributed by atoms with Crippen molar-refractivity contribution in [2.24, 2.45) is 0 Å². The highest BCUT2D eigenvalue weighted by Gasteiger charge is 2.21. The van der Waals surface area contributed by atoms with Crippen LogP contribution in [-0.2, 0) is 19.5 Å². The summed E-state index contributed by atoms with van der Waals surface area (Å²) in [5, 5.41) is 3.78. The van der Waals surface area contributed by atoms with Crippen LogP contribution in [0.15, 0.2) is 21.5 Å². The van der Waals surface area contributed by atoms with Gasteiger partial charge in [-0.25, -0.2) is 9.97 Å². The second-order valence-corrected chi connectivity index (χ2v) is 6.16. The lowest BCUT2D eigenvalue weighted by Gasteiger charge is -2.26. The molecular weight excluding hydrogens is 280 g/mol. The predicted octanol–water partition coefficient (Wildman–Crippen LogP) is 1.51. The Morgan fingerprint density at radius 2 is 2.47 bits per heavy atom. The monoisotopic (exact) mass is 294 g/mol. The molecule has 5 nitrogen and oxygen atoms in total. The second-order valence-electron chi connectivity index (χ2n) is 4.39. The molecule has 1 N–H and O–H groups in total. The number of thioether (sulfide) groups is 1. The van der Waals surface area contributed by atoms with Gasteiger partial charge in [0.2, 0.25) is 0 Å². The first-order chi connectivity index (χ1) is 9.26. The number of nitrogens with zero attached hydrogens (tertiary/aromatic N) is 3. The van der Waals surface area contributed by atoms with E-state index in [2.05, 4.69) is 19.9 Å². The Morgan fingerprint density at radius 3 is 3.21 bits per heavy atom. The topological polar surface area (TPSA) is 61.9 Å². The molecule has 2 aromatic heterocycles. The summed E-state index contributed by atoms with van der Waals surface area (Å²) in [5.41, 5.74) is 1.75. The quantitative estimate of drug-likeness (QED) is 0.687. The Hall–Kier alpha value is -1.18. The molecule has 100 valence electrons. The molecule has 0 aromatic carbocycles. The van der Waals surface area contributed by atoms with Crippen LogP contribution in [0, 0.1) is 0 Å². The standard InChI is InChI=1S/C12H14N4OS2/c1-18-12-14-9-2-4-16(6-8(9)11(17)15-12)7-10-13-3-5-19-10/h3,5H,2,4,6-7H2,1H3,(H,14,15,17). The number of thiazole rings is 1. The maximum Gasteiger partial charge on any atom is 0.256 e. The fourth-order valence-electron chi connectivity index (χ4n) is 2.21. The van der Waals surface area contributed by atoms with E-state index in [4.69, 9.17) is 0 Å². The highest BCUT2D eigenvalue weighted by Crippen LogP contribution is 2.18. The fraction of sp³-hybridized carbons (Fsp3) is 0.417. The van der Waals surface area contributed by atoms with Gasteiger partial charge >= 0.3 is 0 Å². The summed E-state index contributed by atoms with van der Waals surface area (Å²) in [5.74, 6) is 0. The summed E-state index contributed by atoms with van der Waals surface area (Å²) in [4.78, 5) is 25.9. The lowest BCUT2D eigenvalue weighted by atomic mass is 10.1. The highest BCUT2D eigenvalue weighted by molar-refractivity contribution is 7.98. The van der Waals surface area contributed by atoms with E-state index < -0.39 is 0 Å². The molecule has 7 heteroatoms. The molecule has 0 aliphatic carbocycles. The molecule has 1 aliphatic rings. The summed E-state index contributed by atoms with van der Waals surface area (Å²) in [6.07, 6.45) is 4.57. The maximum absolute atomic E-state index is 12.0. The third-order valence-corrected chi connectivity index (χ3v) is 4.51. The molecule has 0 radical (unpaired) electrons. The number of aromatic nitrogens is 3. The van der Waals surface area contributed by atoms with E-state index >= 15 is 0 Å². The smallest absolute Gasteiger partial charge is 0.256 e. The van der Waals surface area contributed by atoms with Gasteiger partial charge in [0.05, 0.1) is 17.8 Å². The van der Waals surface area contributed by atoms with Gasteiger partial charge in [0.1, 0.15) is 5.01 Å². The number of nitrogens with one attached hydrogen (secondary N) is 1. The van der Waals surface area contributed by atoms with Crippen LogP contribution in [0.2, 0.25) is 0 Å². The SMILES string of the molecule is CSc1nc2c(c(=O)[nH]1)CN(Cc1nccs1)CC2. The molecule has 1 aliphatic heterocycles. The van der Waals surface area contributed by atoms with Gasteiger partial charge in [-0.1, -0.05) is 11.8 Å². The first-order valence-electron chi connectivity index (χ1n) is 6.03. The van der Waals surface area contributed by atoms with Crippen molar-refractivity contribution >= 4 is 23.1 Å². The van der Waals surface area contributed by atoms with Gasteiger partial charge in [-0.2, -0.15) is 0 Å². The van der Waals surface area contributed by atoms with Gasteiger partial charge in [-0.3, -0.25) is 9.69 Å². The second kappa shape index (κ2) is 5.44. The zero-order valence-electron chi connectivity index (χ0n) is 10.5. The largest absolute Gasteiger partial charge is 0.301 e. The van der Waals surface area contributed by atoms with Crippen molar-refractivity contribution in [2.75, 3.05) is 12.8 Å². The Labute approximate surface area is 119 Å². The van der Waals surface area contributed by atoms with E-state index in [0.717, 1.165) is 35.8 Å². The third-order valence-electron chi connectivity index (χ3n) is 3.16. The molecule has 0 atom stereocenters. The number of H-pyrrole nitrogens is 1. The number of hydrogen-bond acceptors (Lipinski definition) is 6. The van der Waals surface area contributed by atoms with Crippen LogP contribution in [-0.4, -0.2) is 32.7 Å². The molecule has 2 aromatic rings. The molecule has 0 bridgehead atoms. The van der Waals surface area contributed by atoms with Crippen LogP contribution in [0.5, 0.6) is 0 Å². The van der Waals surface area contributed by atoms with Crippen molar-refractivity contribution in [3.63, 3.8) is 0 Å². The molecule has 0 unspecified atom stereocenters. The summed E-state index contributed by atoms with van der Waals surface area (Å²) < 4.78 is 0. The molecule has 3 heterocycles. The van der Waals surface area contributed by atoms with Crippen LogP contribution >= 0.6 is 23.1 Å². The minimum Gasteiger partial charge on any atom is -0.301 e. The first kappa shape index (κ1) is 12.8. The normalized spacial score (nSPS) is 15.4. The number of hydrogen-bond donors (Lipinski definition) is 1. The van der Waals surface area contributed by atoms with Crippen LogP contribution in [0.4, 0.5) is 0 Å². The predicted molar refractivity (Wildman–Crippen MR) is 76.6 cm³/mol. The maximum atomic E-state index is 12.0. The molecule has 0 spiro atoms. The lowest BCUT2D eigenvalue weighted by Crippen LogP contribution is -2.35. The Bertz CT molecular complexity index is 623. The molecule has 0 fully saturated rings. The fourth-order valence-corrected chi connectivity index (χ4v) is 3.27. The molecule has 0 saturated carbocycles. The van der Waals surface area contributed by atoms with Gasteiger partial charge in [0, 0.05) is 31.1 Å². The van der Waals surface area contributed by atoms with Crippen molar-refractivity contribution in [1.29, 1.82) is 0 Å². The van der Waals surface area contributed by atoms with Gasteiger partial charge in [-0.05, 0) is 6.26 Å². The molecule has 3 rings (SSSR count). The van der Waals surface area contributed by atoms with E-state index in [1.165, 1.54) is 11.8 Å². The number of rotatable bonds is 3. The number of aromatic amines is 1. The minimum absolute atomic E-state index is 0.00168. The zero-order chi connectivity index (χ0) is 13.2. The van der Waals surface area contributed by atoms with Crippen molar-refractivity contribution < 1.29 is 0 Å². The van der Waals surface area contributed by atoms with Gasteiger partial charge in [0.15, 0.2) is 5.16 Å². The van der Waals surface area contributed by atoms with Gasteiger partial charge in [0.25, 0.3) is 5.56 Å².